The first-order valence-corrected chi connectivity index (χ1v) is 9.15. The molecular formula is C15H12Cl2N2O5S. The van der Waals surface area contributed by atoms with E-state index in [0.29, 0.717) is 21.8 Å². The van der Waals surface area contributed by atoms with Gasteiger partial charge in [-0.3, -0.25) is 10.1 Å². The van der Waals surface area contributed by atoms with Gasteiger partial charge in [0.25, 0.3) is 9.84 Å². The number of oxime groups is 1. The molecule has 0 aliphatic heterocycles. The summed E-state index contributed by atoms with van der Waals surface area (Å²) in [6, 6.07) is 11.9. The maximum absolute atomic E-state index is 12.3. The Morgan fingerprint density at radius 2 is 1.72 bits per heavy atom. The molecule has 0 aliphatic rings. The minimum Gasteiger partial charge on any atom is -0.391 e. The van der Waals surface area contributed by atoms with Crippen LogP contribution in [0.25, 0.3) is 0 Å². The summed E-state index contributed by atoms with van der Waals surface area (Å²) in [5.74, 6) is 0. The summed E-state index contributed by atoms with van der Waals surface area (Å²) in [6.45, 7) is -0.162. The SMILES string of the molecule is O=[N+]([O-])[C@H](/C=N\OCc1c(Cl)cccc1Cl)S(=O)(=O)c1ccccc1. The average Bonchev–Trinajstić information content (AvgIpc) is 2.57. The summed E-state index contributed by atoms with van der Waals surface area (Å²) in [4.78, 5) is 14.9. The third-order valence-electron chi connectivity index (χ3n) is 3.13. The third-order valence-corrected chi connectivity index (χ3v) is 5.70. The van der Waals surface area contributed by atoms with E-state index in [1.807, 2.05) is 0 Å². The summed E-state index contributed by atoms with van der Waals surface area (Å²) in [5, 5.41) is 13.1. The van der Waals surface area contributed by atoms with Crippen LogP contribution in [0.3, 0.4) is 0 Å². The van der Waals surface area contributed by atoms with Crippen molar-refractivity contribution in [1.82, 2.24) is 0 Å². The van der Waals surface area contributed by atoms with Gasteiger partial charge in [0, 0.05) is 20.5 Å². The molecule has 10 heteroatoms. The van der Waals surface area contributed by atoms with E-state index in [-0.39, 0.29) is 11.5 Å². The molecule has 0 amide bonds. The maximum atomic E-state index is 12.3. The minimum absolute atomic E-state index is 0.162. The molecule has 7 nitrogen and oxygen atoms in total. The molecule has 0 aliphatic carbocycles. The van der Waals surface area contributed by atoms with Crippen LogP contribution in [0.5, 0.6) is 0 Å². The van der Waals surface area contributed by atoms with Crippen LogP contribution in [-0.4, -0.2) is 24.9 Å². The molecule has 0 saturated heterocycles. The fraction of sp³-hybridized carbons (Fsp3) is 0.133. The van der Waals surface area contributed by atoms with Crippen molar-refractivity contribution < 1.29 is 18.2 Å². The number of nitro groups is 1. The Morgan fingerprint density at radius 3 is 2.28 bits per heavy atom. The molecule has 0 spiro atoms. The second-order valence-corrected chi connectivity index (χ2v) is 7.62. The van der Waals surface area contributed by atoms with Crippen LogP contribution in [0.1, 0.15) is 5.56 Å². The Hall–Kier alpha value is -2.16. The zero-order valence-corrected chi connectivity index (χ0v) is 14.9. The van der Waals surface area contributed by atoms with E-state index >= 15 is 0 Å². The van der Waals surface area contributed by atoms with Gasteiger partial charge in [-0.15, -0.1) is 0 Å². The lowest BCUT2D eigenvalue weighted by Gasteiger charge is -2.07. The molecule has 1 atom stereocenters. The Labute approximate surface area is 153 Å². The standard InChI is InChI=1S/C15H12Cl2N2O5S/c16-13-7-4-8-14(17)12(13)10-24-18-9-15(19(20)21)25(22,23)11-5-2-1-3-6-11/h1-9,15H,10H2/b18-9-/t15-/m0/s1. The van der Waals surface area contributed by atoms with Gasteiger partial charge in [0.1, 0.15) is 12.8 Å². The average molecular weight is 403 g/mol. The van der Waals surface area contributed by atoms with E-state index in [2.05, 4.69) is 5.16 Å². The molecule has 0 saturated carbocycles. The van der Waals surface area contributed by atoms with Crippen LogP contribution in [0, 0.1) is 10.1 Å². The summed E-state index contributed by atoms with van der Waals surface area (Å²) >= 11 is 11.9. The highest BCUT2D eigenvalue weighted by molar-refractivity contribution is 7.92. The molecule has 2 rings (SSSR count). The van der Waals surface area contributed by atoms with E-state index in [9.17, 15) is 18.5 Å². The zero-order chi connectivity index (χ0) is 18.4. The van der Waals surface area contributed by atoms with E-state index in [1.54, 1.807) is 24.3 Å². The normalized spacial score (nSPS) is 12.9. The van der Waals surface area contributed by atoms with E-state index in [1.165, 1.54) is 24.3 Å². The monoisotopic (exact) mass is 402 g/mol. The van der Waals surface area contributed by atoms with Crippen LogP contribution in [-0.2, 0) is 21.3 Å². The number of sulfone groups is 1. The predicted octanol–water partition coefficient (Wildman–Crippen LogP) is 3.57. The number of rotatable bonds is 7. The lowest BCUT2D eigenvalue weighted by atomic mass is 10.2. The molecule has 2 aromatic rings. The van der Waals surface area contributed by atoms with Gasteiger partial charge < -0.3 is 4.84 Å². The molecule has 2 aromatic carbocycles. The summed E-state index contributed by atoms with van der Waals surface area (Å²) in [6.07, 6.45) is 0.618. The highest BCUT2D eigenvalue weighted by atomic mass is 35.5. The van der Waals surface area contributed by atoms with Crippen molar-refractivity contribution in [2.75, 3.05) is 0 Å². The van der Waals surface area contributed by atoms with Gasteiger partial charge in [0.15, 0.2) is 0 Å². The van der Waals surface area contributed by atoms with Crippen molar-refractivity contribution in [2.45, 2.75) is 16.9 Å². The zero-order valence-electron chi connectivity index (χ0n) is 12.6. The van der Waals surface area contributed by atoms with Crippen molar-refractivity contribution >= 4 is 39.3 Å². The molecule has 0 unspecified atom stereocenters. The second kappa shape index (κ2) is 8.28. The first-order valence-electron chi connectivity index (χ1n) is 6.85. The van der Waals surface area contributed by atoms with Gasteiger partial charge in [-0.25, -0.2) is 8.42 Å². The van der Waals surface area contributed by atoms with Gasteiger partial charge in [0.2, 0.25) is 0 Å². The van der Waals surface area contributed by atoms with Crippen molar-refractivity contribution in [2.24, 2.45) is 5.16 Å². The van der Waals surface area contributed by atoms with E-state index in [4.69, 9.17) is 28.0 Å². The summed E-state index contributed by atoms with van der Waals surface area (Å²) < 4.78 is 24.6. The van der Waals surface area contributed by atoms with E-state index in [0.717, 1.165) is 0 Å². The van der Waals surface area contributed by atoms with Crippen LogP contribution in [0.2, 0.25) is 10.0 Å². The first kappa shape index (κ1) is 19.2. The minimum atomic E-state index is -4.24. The molecule has 0 heterocycles. The largest absolute Gasteiger partial charge is 0.391 e. The fourth-order valence-electron chi connectivity index (χ4n) is 1.86. The van der Waals surface area contributed by atoms with Gasteiger partial charge in [-0.1, -0.05) is 52.6 Å². The summed E-state index contributed by atoms with van der Waals surface area (Å²) in [5.41, 5.74) is 0.437. The van der Waals surface area contributed by atoms with Crippen molar-refractivity contribution in [1.29, 1.82) is 0 Å². The lowest BCUT2D eigenvalue weighted by Crippen LogP contribution is -2.31. The van der Waals surface area contributed by atoms with Crippen LogP contribution < -0.4 is 0 Å². The van der Waals surface area contributed by atoms with Crippen LogP contribution in [0.4, 0.5) is 0 Å². The number of benzene rings is 2. The highest BCUT2D eigenvalue weighted by Gasteiger charge is 2.36. The molecule has 0 fully saturated rings. The number of halogens is 2. The van der Waals surface area contributed by atoms with Crippen LogP contribution >= 0.6 is 23.2 Å². The molecule has 25 heavy (non-hydrogen) atoms. The molecular weight excluding hydrogens is 391 g/mol. The van der Waals surface area contributed by atoms with Crippen molar-refractivity contribution in [3.05, 3.63) is 74.3 Å². The smallest absolute Gasteiger partial charge is 0.352 e. The topological polar surface area (TPSA) is 98.9 Å². The second-order valence-electron chi connectivity index (χ2n) is 4.76. The van der Waals surface area contributed by atoms with E-state index < -0.39 is 20.1 Å². The molecule has 0 N–H and O–H groups in total. The number of hydrogen-bond donors (Lipinski definition) is 0. The molecule has 0 radical (unpaired) electrons. The fourth-order valence-corrected chi connectivity index (χ4v) is 3.62. The van der Waals surface area contributed by atoms with Crippen molar-refractivity contribution in [3.63, 3.8) is 0 Å². The van der Waals surface area contributed by atoms with Gasteiger partial charge in [-0.05, 0) is 24.3 Å². The Balaban J connectivity index is 2.15. The molecule has 0 aromatic heterocycles. The molecule has 0 bridgehead atoms. The van der Waals surface area contributed by atoms with Gasteiger partial charge >= 0.3 is 5.37 Å². The predicted molar refractivity (Wildman–Crippen MR) is 94.2 cm³/mol. The Bertz CT molecular complexity index is 868. The quantitative estimate of drug-likeness (QED) is 0.400. The lowest BCUT2D eigenvalue weighted by molar-refractivity contribution is -0.478. The summed E-state index contributed by atoms with van der Waals surface area (Å²) in [7, 11) is -4.24. The van der Waals surface area contributed by atoms with Gasteiger partial charge in [-0.2, -0.15) is 0 Å². The maximum Gasteiger partial charge on any atom is 0.352 e. The first-order chi connectivity index (χ1) is 11.8. The number of nitrogens with zero attached hydrogens (tertiary/aromatic N) is 2. The van der Waals surface area contributed by atoms with Crippen LogP contribution in [0.15, 0.2) is 58.6 Å². The number of hydrogen-bond acceptors (Lipinski definition) is 6. The van der Waals surface area contributed by atoms with Crippen molar-refractivity contribution in [3.8, 4) is 0 Å². The molecule has 132 valence electrons. The Kier molecular flexibility index (Phi) is 6.35. The Morgan fingerprint density at radius 1 is 1.12 bits per heavy atom. The van der Waals surface area contributed by atoms with Gasteiger partial charge in [0.05, 0.1) is 4.90 Å². The highest BCUT2D eigenvalue weighted by Crippen LogP contribution is 2.25. The third kappa shape index (κ3) is 4.68.